The molecule has 1 saturated carbocycles. The van der Waals surface area contributed by atoms with Gasteiger partial charge in [0, 0.05) is 13.1 Å². The number of urea groups is 1. The van der Waals surface area contributed by atoms with Crippen LogP contribution in [0.25, 0.3) is 0 Å². The Kier molecular flexibility index (Phi) is 5.04. The first-order valence-corrected chi connectivity index (χ1v) is 8.54. The van der Waals surface area contributed by atoms with Crippen LogP contribution in [0.15, 0.2) is 30.3 Å². The van der Waals surface area contributed by atoms with Gasteiger partial charge in [0.1, 0.15) is 5.54 Å². The Morgan fingerprint density at radius 3 is 2.33 bits per heavy atom. The summed E-state index contributed by atoms with van der Waals surface area (Å²) in [5, 5.41) is 12.5. The van der Waals surface area contributed by atoms with Crippen molar-refractivity contribution in [2.45, 2.75) is 37.1 Å². The first kappa shape index (κ1) is 16.8. The van der Waals surface area contributed by atoms with E-state index in [1.165, 1.54) is 5.56 Å². The number of carboxylic acid groups (broad SMARTS) is 1. The number of carboxylic acids is 1. The molecule has 0 spiro atoms. The first-order valence-electron chi connectivity index (χ1n) is 8.54. The van der Waals surface area contributed by atoms with Gasteiger partial charge in [-0.1, -0.05) is 30.3 Å². The number of carbonyl (C=O) groups is 2. The Hall–Kier alpha value is -2.08. The molecular weight excluding hydrogens is 308 g/mol. The molecule has 2 aliphatic rings. The van der Waals surface area contributed by atoms with Gasteiger partial charge in [0.2, 0.25) is 0 Å². The minimum absolute atomic E-state index is 0.293. The van der Waals surface area contributed by atoms with Crippen molar-refractivity contribution in [3.8, 4) is 0 Å². The van der Waals surface area contributed by atoms with E-state index in [2.05, 4.69) is 17.4 Å². The van der Waals surface area contributed by atoms with E-state index in [1.54, 1.807) is 4.90 Å². The van der Waals surface area contributed by atoms with Crippen molar-refractivity contribution < 1.29 is 19.4 Å². The van der Waals surface area contributed by atoms with Crippen LogP contribution in [-0.2, 0) is 9.53 Å². The van der Waals surface area contributed by atoms with Gasteiger partial charge in [0.15, 0.2) is 0 Å². The Bertz CT molecular complexity index is 576. The van der Waals surface area contributed by atoms with Crippen molar-refractivity contribution in [1.29, 1.82) is 0 Å². The number of aliphatic carboxylic acids is 1. The molecule has 6 nitrogen and oxygen atoms in total. The number of benzene rings is 1. The molecule has 2 N–H and O–H groups in total. The molecule has 0 atom stereocenters. The molecule has 3 rings (SSSR count). The third kappa shape index (κ3) is 3.53. The van der Waals surface area contributed by atoms with Crippen LogP contribution in [0.2, 0.25) is 0 Å². The molecule has 1 aromatic rings. The quantitative estimate of drug-likeness (QED) is 0.889. The lowest BCUT2D eigenvalue weighted by Crippen LogP contribution is -2.60. The summed E-state index contributed by atoms with van der Waals surface area (Å²) in [7, 11) is 0. The zero-order valence-electron chi connectivity index (χ0n) is 13.7. The van der Waals surface area contributed by atoms with Gasteiger partial charge in [0.05, 0.1) is 13.2 Å². The molecule has 1 aliphatic heterocycles. The smallest absolute Gasteiger partial charge is 0.329 e. The highest BCUT2D eigenvalue weighted by molar-refractivity contribution is 5.86. The maximum atomic E-state index is 12.4. The summed E-state index contributed by atoms with van der Waals surface area (Å²) < 4.78 is 5.24. The Balaban J connectivity index is 1.65. The highest BCUT2D eigenvalue weighted by Crippen LogP contribution is 2.38. The zero-order valence-corrected chi connectivity index (χ0v) is 13.7. The second kappa shape index (κ2) is 7.21. The fourth-order valence-corrected chi connectivity index (χ4v) is 3.61. The molecule has 1 aliphatic carbocycles. The van der Waals surface area contributed by atoms with Crippen molar-refractivity contribution in [2.24, 2.45) is 0 Å². The van der Waals surface area contributed by atoms with E-state index in [-0.39, 0.29) is 6.03 Å². The third-order valence-corrected chi connectivity index (χ3v) is 5.16. The second-order valence-electron chi connectivity index (χ2n) is 6.60. The Labute approximate surface area is 141 Å². The Morgan fingerprint density at radius 2 is 1.75 bits per heavy atom. The van der Waals surface area contributed by atoms with Crippen LogP contribution in [0.1, 0.15) is 37.2 Å². The molecule has 1 aromatic carbocycles. The van der Waals surface area contributed by atoms with Crippen molar-refractivity contribution in [3.05, 3.63) is 35.9 Å². The van der Waals surface area contributed by atoms with E-state index >= 15 is 0 Å². The van der Waals surface area contributed by atoms with Crippen molar-refractivity contribution in [2.75, 3.05) is 26.3 Å². The number of nitrogens with zero attached hydrogens (tertiary/aromatic N) is 1. The highest BCUT2D eigenvalue weighted by Gasteiger charge is 2.44. The molecule has 2 fully saturated rings. The molecule has 6 heteroatoms. The lowest BCUT2D eigenvalue weighted by molar-refractivity contribution is -0.146. The second-order valence-corrected chi connectivity index (χ2v) is 6.60. The van der Waals surface area contributed by atoms with Crippen LogP contribution in [0.4, 0.5) is 4.79 Å². The number of ether oxygens (including phenoxy) is 1. The van der Waals surface area contributed by atoms with Crippen molar-refractivity contribution >= 4 is 12.0 Å². The number of hydrogen-bond donors (Lipinski definition) is 2. The standard InChI is InChI=1S/C18H24N2O4/c21-16(22)18(19-17(23)20-10-12-24-13-11-20)8-6-15(7-9-18)14-4-2-1-3-5-14/h1-5,15H,6-13H2,(H,19,23)(H,21,22). The monoisotopic (exact) mass is 332 g/mol. The average Bonchev–Trinajstić information content (AvgIpc) is 2.63. The van der Waals surface area contributed by atoms with E-state index < -0.39 is 11.5 Å². The van der Waals surface area contributed by atoms with Gasteiger partial charge < -0.3 is 20.1 Å². The average molecular weight is 332 g/mol. The lowest BCUT2D eigenvalue weighted by Gasteiger charge is -2.39. The molecule has 0 bridgehead atoms. The van der Waals surface area contributed by atoms with Crippen LogP contribution in [-0.4, -0.2) is 53.8 Å². The fourth-order valence-electron chi connectivity index (χ4n) is 3.61. The summed E-state index contributed by atoms with van der Waals surface area (Å²) in [4.78, 5) is 25.9. The number of nitrogens with one attached hydrogen (secondary N) is 1. The SMILES string of the molecule is O=C(NC1(C(=O)O)CCC(c2ccccc2)CC1)N1CCOCC1. The zero-order chi connectivity index (χ0) is 17.0. The van der Waals surface area contributed by atoms with Crippen molar-refractivity contribution in [1.82, 2.24) is 10.2 Å². The van der Waals surface area contributed by atoms with E-state index in [4.69, 9.17) is 4.74 Å². The number of carbonyl (C=O) groups excluding carboxylic acids is 1. The van der Waals surface area contributed by atoms with E-state index in [1.807, 2.05) is 18.2 Å². The number of rotatable bonds is 3. The van der Waals surface area contributed by atoms with Gasteiger partial charge >= 0.3 is 12.0 Å². The van der Waals surface area contributed by atoms with Crippen LogP contribution in [0, 0.1) is 0 Å². The molecule has 0 unspecified atom stereocenters. The predicted molar refractivity (Wildman–Crippen MR) is 88.9 cm³/mol. The maximum absolute atomic E-state index is 12.4. The summed E-state index contributed by atoms with van der Waals surface area (Å²) in [5.74, 6) is -0.574. The largest absolute Gasteiger partial charge is 0.480 e. The van der Waals surface area contributed by atoms with Gasteiger partial charge in [-0.15, -0.1) is 0 Å². The summed E-state index contributed by atoms with van der Waals surface area (Å²) >= 11 is 0. The van der Waals surface area contributed by atoms with Crippen LogP contribution in [0.5, 0.6) is 0 Å². The molecule has 2 amide bonds. The van der Waals surface area contributed by atoms with Gasteiger partial charge in [-0.25, -0.2) is 9.59 Å². The van der Waals surface area contributed by atoms with Gasteiger partial charge in [-0.3, -0.25) is 0 Å². The first-order chi connectivity index (χ1) is 11.6. The molecule has 1 heterocycles. The summed E-state index contributed by atoms with van der Waals surface area (Å²) in [6.45, 7) is 2.02. The van der Waals surface area contributed by atoms with Crippen LogP contribution in [0.3, 0.4) is 0 Å². The minimum Gasteiger partial charge on any atom is -0.480 e. The Morgan fingerprint density at radius 1 is 1.12 bits per heavy atom. The van der Waals surface area contributed by atoms with Crippen LogP contribution < -0.4 is 5.32 Å². The molecule has 0 aromatic heterocycles. The normalized spacial score (nSPS) is 27.5. The fraction of sp³-hybridized carbons (Fsp3) is 0.556. The number of amides is 2. The van der Waals surface area contributed by atoms with E-state index in [9.17, 15) is 14.7 Å². The maximum Gasteiger partial charge on any atom is 0.329 e. The molecule has 24 heavy (non-hydrogen) atoms. The predicted octanol–water partition coefficient (Wildman–Crippen LogP) is 2.21. The highest BCUT2D eigenvalue weighted by atomic mass is 16.5. The van der Waals surface area contributed by atoms with Crippen molar-refractivity contribution in [3.63, 3.8) is 0 Å². The molecule has 1 saturated heterocycles. The van der Waals surface area contributed by atoms with Crippen LogP contribution >= 0.6 is 0 Å². The summed E-state index contributed by atoms with van der Waals surface area (Å²) in [6, 6.07) is 9.88. The van der Waals surface area contributed by atoms with Gasteiger partial charge in [0.25, 0.3) is 0 Å². The summed E-state index contributed by atoms with van der Waals surface area (Å²) in [5.41, 5.74) is 0.0942. The molecule has 0 radical (unpaired) electrons. The minimum atomic E-state index is -1.15. The van der Waals surface area contributed by atoms with Gasteiger partial charge in [-0.2, -0.15) is 0 Å². The van der Waals surface area contributed by atoms with E-state index in [0.717, 1.165) is 12.8 Å². The number of hydrogen-bond acceptors (Lipinski definition) is 3. The summed E-state index contributed by atoms with van der Waals surface area (Å²) in [6.07, 6.45) is 2.44. The lowest BCUT2D eigenvalue weighted by atomic mass is 9.74. The van der Waals surface area contributed by atoms with E-state index in [0.29, 0.717) is 45.1 Å². The van der Waals surface area contributed by atoms with Gasteiger partial charge in [-0.05, 0) is 37.2 Å². The topological polar surface area (TPSA) is 78.9 Å². The molecular formula is C18H24N2O4. The number of morpholine rings is 1. The molecule has 130 valence electrons. The third-order valence-electron chi connectivity index (χ3n) is 5.16.